The number of alkyl halides is 6. The summed E-state index contributed by atoms with van der Waals surface area (Å²) in [4.78, 5) is 9.09. The van der Waals surface area contributed by atoms with Crippen molar-refractivity contribution in [2.24, 2.45) is 0 Å². The lowest BCUT2D eigenvalue weighted by molar-refractivity contribution is -0.124. The van der Waals surface area contributed by atoms with E-state index >= 15 is 0 Å². The first-order chi connectivity index (χ1) is 13.1. The Kier molecular flexibility index (Phi) is 3.91. The zero-order valence-electron chi connectivity index (χ0n) is 14.2. The number of aromatic nitrogens is 2. The van der Waals surface area contributed by atoms with E-state index in [9.17, 15) is 26.3 Å². The van der Waals surface area contributed by atoms with Crippen LogP contribution in [0.5, 0.6) is 0 Å². The maximum Gasteiger partial charge on any atom is 0.433 e. The van der Waals surface area contributed by atoms with Gasteiger partial charge in [-0.15, -0.1) is 0 Å². The number of pyridine rings is 2. The van der Waals surface area contributed by atoms with Gasteiger partial charge in [0.05, 0.1) is 16.7 Å². The van der Waals surface area contributed by atoms with E-state index in [1.54, 1.807) is 30.5 Å². The van der Waals surface area contributed by atoms with E-state index in [1.165, 1.54) is 6.07 Å². The van der Waals surface area contributed by atoms with Gasteiger partial charge in [-0.1, -0.05) is 24.3 Å². The highest BCUT2D eigenvalue weighted by Gasteiger charge is 2.53. The minimum absolute atomic E-state index is 0.0224. The topological polar surface area (TPSA) is 41.0 Å². The Labute approximate surface area is 154 Å². The zero-order valence-corrected chi connectivity index (χ0v) is 14.2. The molecule has 1 aliphatic heterocycles. The Bertz CT molecular complexity index is 1100. The smallest absolute Gasteiger partial charge is 0.354 e. The molecule has 4 rings (SSSR count). The van der Waals surface area contributed by atoms with Crippen LogP contribution in [0.25, 0.3) is 21.8 Å². The van der Waals surface area contributed by atoms with Gasteiger partial charge < -0.3 is 10.2 Å². The molecule has 1 unspecified atom stereocenters. The summed E-state index contributed by atoms with van der Waals surface area (Å²) in [5.74, 6) is 0. The van der Waals surface area contributed by atoms with Gasteiger partial charge in [0.15, 0.2) is 0 Å². The van der Waals surface area contributed by atoms with Gasteiger partial charge in [0.2, 0.25) is 0 Å². The molecule has 1 N–H and O–H groups in total. The van der Waals surface area contributed by atoms with Crippen molar-refractivity contribution in [1.82, 2.24) is 20.2 Å². The third kappa shape index (κ3) is 2.88. The van der Waals surface area contributed by atoms with E-state index < -0.39 is 29.9 Å². The van der Waals surface area contributed by atoms with Crippen LogP contribution in [0.15, 0.2) is 54.0 Å². The molecule has 2 aromatic heterocycles. The number of hydrogen-bond donors (Lipinski definition) is 1. The molecule has 0 bridgehead atoms. The van der Waals surface area contributed by atoms with E-state index in [2.05, 4.69) is 9.97 Å². The third-order valence-corrected chi connectivity index (χ3v) is 4.54. The fraction of sp³-hybridized carbons (Fsp3) is 0.222. The summed E-state index contributed by atoms with van der Waals surface area (Å²) >= 11 is 0. The standard InChI is InChI=1S/C18H12F6N4/c1-28-15(18(22,23)24)14(17(19,20)21)27-16(28)11-7-6-10-5-4-9-3-2-8-25-12(9)13(10)26-11/h2-8,16,27H,1H3. The van der Waals surface area contributed by atoms with Gasteiger partial charge in [-0.05, 0) is 12.1 Å². The number of allylic oxidation sites excluding steroid dienone is 2. The van der Waals surface area contributed by atoms with Crippen molar-refractivity contribution < 1.29 is 26.3 Å². The zero-order chi connectivity index (χ0) is 20.3. The monoisotopic (exact) mass is 398 g/mol. The Morgan fingerprint density at radius 2 is 1.54 bits per heavy atom. The molecule has 1 atom stereocenters. The fourth-order valence-electron chi connectivity index (χ4n) is 3.33. The normalized spacial score (nSPS) is 18.2. The van der Waals surface area contributed by atoms with Crippen molar-refractivity contribution in [3.05, 3.63) is 59.7 Å². The van der Waals surface area contributed by atoms with Crippen LogP contribution in [0.2, 0.25) is 0 Å². The Balaban J connectivity index is 1.84. The van der Waals surface area contributed by atoms with Gasteiger partial charge >= 0.3 is 12.4 Å². The molecule has 0 amide bonds. The maximum atomic E-state index is 13.3. The predicted molar refractivity (Wildman–Crippen MR) is 89.8 cm³/mol. The summed E-state index contributed by atoms with van der Waals surface area (Å²) in [6.45, 7) is 0. The SMILES string of the molecule is CN1C(C(F)(F)F)=C(C(F)(F)F)NC1c1ccc2ccc3cccnc3c2n1. The quantitative estimate of drug-likeness (QED) is 0.479. The molecule has 28 heavy (non-hydrogen) atoms. The number of rotatable bonds is 1. The first-order valence-corrected chi connectivity index (χ1v) is 8.10. The second-order valence-electron chi connectivity index (χ2n) is 6.33. The van der Waals surface area contributed by atoms with Crippen molar-refractivity contribution in [2.45, 2.75) is 18.5 Å². The lowest BCUT2D eigenvalue weighted by Gasteiger charge is -2.25. The molecule has 0 spiro atoms. The number of nitrogens with zero attached hydrogens (tertiary/aromatic N) is 3. The molecule has 0 saturated heterocycles. The first-order valence-electron chi connectivity index (χ1n) is 8.10. The average Bonchev–Trinajstić information content (AvgIpc) is 2.99. The van der Waals surface area contributed by atoms with E-state index in [1.807, 2.05) is 11.4 Å². The lowest BCUT2D eigenvalue weighted by atomic mass is 10.1. The number of fused-ring (bicyclic) bond motifs is 3. The summed E-state index contributed by atoms with van der Waals surface area (Å²) in [7, 11) is 0.951. The second-order valence-corrected chi connectivity index (χ2v) is 6.33. The van der Waals surface area contributed by atoms with Crippen LogP contribution in [0.1, 0.15) is 11.9 Å². The molecule has 0 fully saturated rings. The minimum atomic E-state index is -5.18. The highest BCUT2D eigenvalue weighted by Crippen LogP contribution is 2.44. The largest absolute Gasteiger partial charge is 0.433 e. The molecular weight excluding hydrogens is 386 g/mol. The van der Waals surface area contributed by atoms with E-state index in [4.69, 9.17) is 0 Å². The van der Waals surface area contributed by atoms with Crippen LogP contribution in [0.4, 0.5) is 26.3 Å². The molecule has 10 heteroatoms. The molecule has 3 aromatic rings. The first kappa shape index (κ1) is 18.3. The van der Waals surface area contributed by atoms with E-state index in [-0.39, 0.29) is 5.69 Å². The van der Waals surface area contributed by atoms with Gasteiger partial charge in [0, 0.05) is 24.0 Å². The summed E-state index contributed by atoms with van der Waals surface area (Å²) in [6, 6.07) is 10.1. The van der Waals surface area contributed by atoms with Crippen molar-refractivity contribution in [3.8, 4) is 0 Å². The molecular formula is C18H12F6N4. The van der Waals surface area contributed by atoms with Gasteiger partial charge in [0.1, 0.15) is 17.6 Å². The van der Waals surface area contributed by atoms with Crippen LogP contribution in [-0.4, -0.2) is 34.3 Å². The van der Waals surface area contributed by atoms with Gasteiger partial charge in [-0.2, -0.15) is 26.3 Å². The molecule has 1 aromatic carbocycles. The van der Waals surface area contributed by atoms with Crippen LogP contribution in [0, 0.1) is 0 Å². The lowest BCUT2D eigenvalue weighted by Crippen LogP contribution is -2.31. The van der Waals surface area contributed by atoms with Gasteiger partial charge in [0.25, 0.3) is 0 Å². The Morgan fingerprint density at radius 3 is 2.14 bits per heavy atom. The van der Waals surface area contributed by atoms with E-state index in [0.29, 0.717) is 21.3 Å². The second kappa shape index (κ2) is 5.98. The van der Waals surface area contributed by atoms with Crippen LogP contribution < -0.4 is 5.32 Å². The minimum Gasteiger partial charge on any atom is -0.354 e. The van der Waals surface area contributed by atoms with Crippen molar-refractivity contribution in [1.29, 1.82) is 0 Å². The molecule has 1 aliphatic rings. The van der Waals surface area contributed by atoms with Gasteiger partial charge in [-0.25, -0.2) is 4.98 Å². The third-order valence-electron chi connectivity index (χ3n) is 4.54. The predicted octanol–water partition coefficient (Wildman–Crippen LogP) is 4.65. The van der Waals surface area contributed by atoms with Crippen LogP contribution >= 0.6 is 0 Å². The summed E-state index contributed by atoms with van der Waals surface area (Å²) < 4.78 is 79.4. The number of benzene rings is 1. The van der Waals surface area contributed by atoms with Crippen molar-refractivity contribution >= 4 is 21.8 Å². The molecule has 146 valence electrons. The Hall–Kier alpha value is -3.04. The summed E-state index contributed by atoms with van der Waals surface area (Å²) in [5.41, 5.74) is -2.66. The summed E-state index contributed by atoms with van der Waals surface area (Å²) in [6.07, 6.45) is -10.2. The van der Waals surface area contributed by atoms with Gasteiger partial charge in [-0.3, -0.25) is 4.98 Å². The molecule has 4 nitrogen and oxygen atoms in total. The summed E-state index contributed by atoms with van der Waals surface area (Å²) in [5, 5.41) is 3.38. The molecule has 0 radical (unpaired) electrons. The number of halogens is 6. The van der Waals surface area contributed by atoms with Crippen LogP contribution in [0.3, 0.4) is 0 Å². The average molecular weight is 398 g/mol. The highest BCUT2D eigenvalue weighted by atomic mass is 19.4. The van der Waals surface area contributed by atoms with Crippen LogP contribution in [-0.2, 0) is 0 Å². The van der Waals surface area contributed by atoms with E-state index in [0.717, 1.165) is 12.4 Å². The number of nitrogens with one attached hydrogen (secondary N) is 1. The number of hydrogen-bond acceptors (Lipinski definition) is 4. The fourth-order valence-corrected chi connectivity index (χ4v) is 3.33. The van der Waals surface area contributed by atoms with Crippen molar-refractivity contribution in [3.63, 3.8) is 0 Å². The van der Waals surface area contributed by atoms with Crippen molar-refractivity contribution in [2.75, 3.05) is 7.05 Å². The molecule has 0 aliphatic carbocycles. The highest BCUT2D eigenvalue weighted by molar-refractivity contribution is 6.02. The molecule has 0 saturated carbocycles. The molecule has 3 heterocycles. The Morgan fingerprint density at radius 1 is 0.893 bits per heavy atom. The maximum absolute atomic E-state index is 13.3.